The van der Waals surface area contributed by atoms with Crippen LogP contribution in [0.2, 0.25) is 0 Å². The van der Waals surface area contributed by atoms with Gasteiger partial charge in [0.1, 0.15) is 0 Å². The summed E-state index contributed by atoms with van der Waals surface area (Å²) in [5, 5.41) is 12.1. The van der Waals surface area contributed by atoms with E-state index in [4.69, 9.17) is 0 Å². The summed E-state index contributed by atoms with van der Waals surface area (Å²) < 4.78 is 44.4. The second kappa shape index (κ2) is 6.26. The van der Waals surface area contributed by atoms with Crippen LogP contribution in [0.25, 0.3) is 16.9 Å². The normalized spacial score (nSPS) is 12.1. The van der Waals surface area contributed by atoms with Crippen LogP contribution in [0.15, 0.2) is 24.4 Å². The van der Waals surface area contributed by atoms with Crippen molar-refractivity contribution < 1.29 is 18.0 Å². The van der Waals surface area contributed by atoms with Gasteiger partial charge in [-0.2, -0.15) is 33.1 Å². The van der Waals surface area contributed by atoms with E-state index in [9.17, 15) is 18.0 Å². The Labute approximate surface area is 162 Å². The fourth-order valence-corrected chi connectivity index (χ4v) is 3.21. The van der Waals surface area contributed by atoms with Gasteiger partial charge in [0.05, 0.1) is 17.1 Å². The largest absolute Gasteiger partial charge is 0.433 e. The monoisotopic (exact) mass is 403 g/mol. The Bertz CT molecular complexity index is 1260. The van der Waals surface area contributed by atoms with Crippen molar-refractivity contribution in [1.29, 1.82) is 0 Å². The quantitative estimate of drug-likeness (QED) is 0.514. The first-order valence-corrected chi connectivity index (χ1v) is 8.61. The maximum Gasteiger partial charge on any atom is 0.433 e. The average Bonchev–Trinajstić information content (AvgIpc) is 3.28. The molecule has 0 aliphatic rings. The molecular formula is C18H16F3N7O. The number of fused-ring (bicyclic) bond motifs is 1. The summed E-state index contributed by atoms with van der Waals surface area (Å²) >= 11 is 0. The molecular weight excluding hydrogens is 387 g/mol. The van der Waals surface area contributed by atoms with E-state index in [0.717, 1.165) is 10.7 Å². The number of rotatable bonds is 2. The third-order valence-electron chi connectivity index (χ3n) is 4.43. The summed E-state index contributed by atoms with van der Waals surface area (Å²) in [6.07, 6.45) is -3.11. The second-order valence-corrected chi connectivity index (χ2v) is 6.77. The third-order valence-corrected chi connectivity index (χ3v) is 4.43. The zero-order chi connectivity index (χ0) is 21.1. The van der Waals surface area contributed by atoms with Gasteiger partial charge in [-0.1, -0.05) is 0 Å². The zero-order valence-electron chi connectivity index (χ0n) is 16.0. The van der Waals surface area contributed by atoms with E-state index in [0.29, 0.717) is 27.2 Å². The predicted molar refractivity (Wildman–Crippen MR) is 96.4 cm³/mol. The molecule has 150 valence electrons. The lowest BCUT2D eigenvalue weighted by Gasteiger charge is -2.10. The second-order valence-electron chi connectivity index (χ2n) is 6.77. The molecule has 0 amide bonds. The highest BCUT2D eigenvalue weighted by atomic mass is 19.4. The minimum atomic E-state index is -4.70. The first-order chi connectivity index (χ1) is 13.5. The molecule has 0 saturated heterocycles. The molecule has 11 heteroatoms. The molecule has 8 nitrogen and oxygen atoms in total. The Morgan fingerprint density at radius 2 is 1.76 bits per heavy atom. The summed E-state index contributed by atoms with van der Waals surface area (Å²) in [5.74, 6) is -0.631. The molecule has 0 radical (unpaired) electrons. The zero-order valence-corrected chi connectivity index (χ0v) is 16.0. The number of aryl methyl sites for hydroxylation is 4. The SMILES string of the molecule is Cc1cc(C)n(C(=O)c2cc3nc(-c4cn(C)nc4C)cc(C(F)(F)F)n3n2)n1. The lowest BCUT2D eigenvalue weighted by Crippen LogP contribution is -2.17. The molecule has 0 unspecified atom stereocenters. The van der Waals surface area contributed by atoms with Gasteiger partial charge in [0, 0.05) is 30.6 Å². The van der Waals surface area contributed by atoms with Gasteiger partial charge in [-0.25, -0.2) is 9.50 Å². The third kappa shape index (κ3) is 3.18. The van der Waals surface area contributed by atoms with Crippen LogP contribution in [0.1, 0.15) is 33.3 Å². The number of carbonyl (C=O) groups excluding carboxylic acids is 1. The van der Waals surface area contributed by atoms with Crippen LogP contribution in [0, 0.1) is 20.8 Å². The van der Waals surface area contributed by atoms with E-state index in [1.807, 2.05) is 0 Å². The molecule has 4 heterocycles. The Balaban J connectivity index is 1.92. The number of aromatic nitrogens is 7. The fraction of sp³-hybridized carbons (Fsp3) is 0.278. The van der Waals surface area contributed by atoms with E-state index in [1.165, 1.54) is 10.7 Å². The molecule has 0 aliphatic carbocycles. The van der Waals surface area contributed by atoms with Crippen molar-refractivity contribution in [2.75, 3.05) is 0 Å². The summed E-state index contributed by atoms with van der Waals surface area (Å²) in [5.41, 5.74) is 0.957. The lowest BCUT2D eigenvalue weighted by molar-refractivity contribution is -0.142. The summed E-state index contributed by atoms with van der Waals surface area (Å²) in [4.78, 5) is 17.0. The van der Waals surface area contributed by atoms with Crippen molar-refractivity contribution in [2.45, 2.75) is 26.9 Å². The topological polar surface area (TPSA) is 82.9 Å². The van der Waals surface area contributed by atoms with Crippen LogP contribution in [0.5, 0.6) is 0 Å². The highest BCUT2D eigenvalue weighted by Crippen LogP contribution is 2.33. The highest BCUT2D eigenvalue weighted by Gasteiger charge is 2.36. The molecule has 0 fully saturated rings. The van der Waals surface area contributed by atoms with E-state index in [-0.39, 0.29) is 17.0 Å². The molecule has 0 aromatic carbocycles. The maximum atomic E-state index is 13.7. The minimum Gasteiger partial charge on any atom is -0.275 e. The van der Waals surface area contributed by atoms with Crippen molar-refractivity contribution in [3.05, 3.63) is 52.9 Å². The molecule has 0 saturated carbocycles. The van der Waals surface area contributed by atoms with Crippen molar-refractivity contribution in [3.63, 3.8) is 0 Å². The van der Waals surface area contributed by atoms with Crippen molar-refractivity contribution in [2.24, 2.45) is 7.05 Å². The molecule has 0 atom stereocenters. The highest BCUT2D eigenvalue weighted by molar-refractivity contribution is 5.95. The van der Waals surface area contributed by atoms with E-state index in [2.05, 4.69) is 20.3 Å². The molecule has 4 aromatic heterocycles. The van der Waals surface area contributed by atoms with Crippen LogP contribution in [0.4, 0.5) is 13.2 Å². The van der Waals surface area contributed by atoms with Gasteiger partial charge < -0.3 is 0 Å². The van der Waals surface area contributed by atoms with Gasteiger partial charge in [-0.15, -0.1) is 0 Å². The molecule has 0 aliphatic heterocycles. The standard InChI is InChI=1S/C18H16F3N7O/c1-9-5-10(2)27(23-9)17(29)14-7-16-22-13(12-8-26(4)24-11(12)3)6-15(18(19,20)21)28(16)25-14/h5-8H,1-4H3. The Morgan fingerprint density at radius 1 is 1.03 bits per heavy atom. The number of nitrogens with zero attached hydrogens (tertiary/aromatic N) is 7. The first-order valence-electron chi connectivity index (χ1n) is 8.61. The van der Waals surface area contributed by atoms with Gasteiger partial charge in [-0.05, 0) is 32.9 Å². The van der Waals surface area contributed by atoms with Gasteiger partial charge in [0.2, 0.25) is 0 Å². The van der Waals surface area contributed by atoms with Crippen LogP contribution in [-0.2, 0) is 13.2 Å². The van der Waals surface area contributed by atoms with Crippen LogP contribution in [-0.4, -0.2) is 40.1 Å². The van der Waals surface area contributed by atoms with Gasteiger partial charge in [0.25, 0.3) is 5.91 Å². The van der Waals surface area contributed by atoms with E-state index >= 15 is 0 Å². The summed E-state index contributed by atoms with van der Waals surface area (Å²) in [6.45, 7) is 5.07. The van der Waals surface area contributed by atoms with E-state index in [1.54, 1.807) is 40.1 Å². The molecule has 0 spiro atoms. The summed E-state index contributed by atoms with van der Waals surface area (Å²) in [6, 6.07) is 3.82. The number of alkyl halides is 3. The maximum absolute atomic E-state index is 13.7. The molecule has 0 N–H and O–H groups in total. The predicted octanol–water partition coefficient (Wildman–Crippen LogP) is 2.96. The number of hydrogen-bond donors (Lipinski definition) is 0. The van der Waals surface area contributed by atoms with Crippen LogP contribution >= 0.6 is 0 Å². The Hall–Kier alpha value is -3.50. The fourth-order valence-electron chi connectivity index (χ4n) is 3.21. The number of carbonyl (C=O) groups is 1. The molecule has 4 aromatic rings. The minimum absolute atomic E-state index is 0.0945. The molecule has 0 bridgehead atoms. The van der Waals surface area contributed by atoms with Crippen LogP contribution < -0.4 is 0 Å². The van der Waals surface area contributed by atoms with Gasteiger partial charge >= 0.3 is 6.18 Å². The van der Waals surface area contributed by atoms with Crippen molar-refractivity contribution in [1.82, 2.24) is 34.2 Å². The van der Waals surface area contributed by atoms with E-state index < -0.39 is 17.8 Å². The Kier molecular flexibility index (Phi) is 4.07. The van der Waals surface area contributed by atoms with Gasteiger partial charge in [0.15, 0.2) is 17.0 Å². The van der Waals surface area contributed by atoms with Crippen molar-refractivity contribution in [3.8, 4) is 11.3 Å². The van der Waals surface area contributed by atoms with Gasteiger partial charge in [-0.3, -0.25) is 9.48 Å². The number of halogens is 3. The van der Waals surface area contributed by atoms with Crippen molar-refractivity contribution >= 4 is 11.6 Å². The molecule has 29 heavy (non-hydrogen) atoms. The summed E-state index contributed by atoms with van der Waals surface area (Å²) in [7, 11) is 1.67. The first kappa shape index (κ1) is 18.8. The Morgan fingerprint density at radius 3 is 2.31 bits per heavy atom. The molecule has 4 rings (SSSR count). The number of hydrogen-bond acceptors (Lipinski definition) is 5. The smallest absolute Gasteiger partial charge is 0.275 e. The average molecular weight is 403 g/mol. The lowest BCUT2D eigenvalue weighted by atomic mass is 10.1. The van der Waals surface area contributed by atoms with Crippen LogP contribution in [0.3, 0.4) is 0 Å².